The number of likely N-dealkylation sites (N-methyl/N-ethyl adjacent to an activating group) is 1. The van der Waals surface area contributed by atoms with Crippen molar-refractivity contribution in [3.05, 3.63) is 84.7 Å². The number of amides is 2. The van der Waals surface area contributed by atoms with Crippen LogP contribution in [0, 0.1) is 0 Å². The maximum absolute atomic E-state index is 13.2. The molecular formula is C26H29N3O3. The number of hydrogen-bond donors (Lipinski definition) is 1. The van der Waals surface area contributed by atoms with E-state index in [0.717, 1.165) is 16.7 Å². The molecule has 1 aromatic heterocycles. The van der Waals surface area contributed by atoms with E-state index in [1.54, 1.807) is 40.2 Å². The zero-order valence-electron chi connectivity index (χ0n) is 18.9. The summed E-state index contributed by atoms with van der Waals surface area (Å²) in [6, 6.07) is 20.3. The standard InChI is InChI=1S/C26H29N3O3/c1-26(2,3)32-25(31)29(4)23(18-19-8-6-5-7-9-19)24(30)28-22-12-10-20(11-13-22)21-14-16-27-17-15-21/h5-17,23H,18H2,1-4H3,(H,28,30)/t23-/m0/s1. The average Bonchev–Trinajstić information content (AvgIpc) is 2.77. The molecule has 0 fully saturated rings. The van der Waals surface area contributed by atoms with E-state index >= 15 is 0 Å². The summed E-state index contributed by atoms with van der Waals surface area (Å²) in [6.07, 6.45) is 3.32. The molecule has 0 aliphatic heterocycles. The number of benzene rings is 2. The second-order valence-corrected chi connectivity index (χ2v) is 8.60. The van der Waals surface area contributed by atoms with Crippen LogP contribution in [-0.2, 0) is 16.0 Å². The Morgan fingerprint density at radius 2 is 1.53 bits per heavy atom. The highest BCUT2D eigenvalue weighted by molar-refractivity contribution is 5.97. The van der Waals surface area contributed by atoms with Gasteiger partial charge in [0.15, 0.2) is 0 Å². The van der Waals surface area contributed by atoms with Gasteiger partial charge in [0.25, 0.3) is 0 Å². The second-order valence-electron chi connectivity index (χ2n) is 8.60. The Morgan fingerprint density at radius 3 is 2.12 bits per heavy atom. The predicted molar refractivity (Wildman–Crippen MR) is 126 cm³/mol. The van der Waals surface area contributed by atoms with E-state index in [2.05, 4.69) is 10.3 Å². The summed E-state index contributed by atoms with van der Waals surface area (Å²) in [7, 11) is 1.59. The van der Waals surface area contributed by atoms with Crippen LogP contribution in [0.5, 0.6) is 0 Å². The number of carbonyl (C=O) groups excluding carboxylic acids is 2. The molecule has 0 radical (unpaired) electrons. The first-order valence-corrected chi connectivity index (χ1v) is 10.5. The predicted octanol–water partition coefficient (Wildman–Crippen LogP) is 5.17. The zero-order chi connectivity index (χ0) is 23.1. The lowest BCUT2D eigenvalue weighted by molar-refractivity contribution is -0.120. The molecule has 6 heteroatoms. The van der Waals surface area contributed by atoms with Crippen molar-refractivity contribution in [2.24, 2.45) is 0 Å². The topological polar surface area (TPSA) is 71.5 Å². The Morgan fingerprint density at radius 1 is 0.938 bits per heavy atom. The van der Waals surface area contributed by atoms with Crippen molar-refractivity contribution in [2.75, 3.05) is 12.4 Å². The van der Waals surface area contributed by atoms with Crippen molar-refractivity contribution in [2.45, 2.75) is 38.8 Å². The summed E-state index contributed by atoms with van der Waals surface area (Å²) >= 11 is 0. The fourth-order valence-electron chi connectivity index (χ4n) is 3.22. The van der Waals surface area contributed by atoms with Gasteiger partial charge in [0.05, 0.1) is 0 Å². The van der Waals surface area contributed by atoms with Gasteiger partial charge in [-0.15, -0.1) is 0 Å². The molecule has 0 bridgehead atoms. The number of anilines is 1. The third-order valence-electron chi connectivity index (χ3n) is 4.89. The fourth-order valence-corrected chi connectivity index (χ4v) is 3.22. The molecule has 0 saturated heterocycles. The molecule has 0 saturated carbocycles. The van der Waals surface area contributed by atoms with Crippen molar-refractivity contribution < 1.29 is 14.3 Å². The van der Waals surface area contributed by atoms with E-state index in [9.17, 15) is 9.59 Å². The van der Waals surface area contributed by atoms with Crippen LogP contribution >= 0.6 is 0 Å². The van der Waals surface area contributed by atoms with E-state index in [1.807, 2.05) is 66.7 Å². The van der Waals surface area contributed by atoms with Gasteiger partial charge in [-0.2, -0.15) is 0 Å². The minimum atomic E-state index is -0.730. The van der Waals surface area contributed by atoms with Gasteiger partial charge in [-0.3, -0.25) is 14.7 Å². The van der Waals surface area contributed by atoms with Crippen molar-refractivity contribution in [3.63, 3.8) is 0 Å². The van der Waals surface area contributed by atoms with Crippen LogP contribution in [0.4, 0.5) is 10.5 Å². The molecule has 1 heterocycles. The van der Waals surface area contributed by atoms with Crippen molar-refractivity contribution in [1.29, 1.82) is 0 Å². The van der Waals surface area contributed by atoms with Gasteiger partial charge in [0, 0.05) is 31.5 Å². The largest absolute Gasteiger partial charge is 0.444 e. The summed E-state index contributed by atoms with van der Waals surface area (Å²) in [5, 5.41) is 2.94. The number of pyridine rings is 1. The molecule has 0 spiro atoms. The van der Waals surface area contributed by atoms with Crippen molar-refractivity contribution in [3.8, 4) is 11.1 Å². The maximum Gasteiger partial charge on any atom is 0.410 e. The number of rotatable bonds is 6. The third-order valence-corrected chi connectivity index (χ3v) is 4.89. The molecule has 2 aromatic carbocycles. The summed E-state index contributed by atoms with van der Waals surface area (Å²) < 4.78 is 5.49. The lowest BCUT2D eigenvalue weighted by Crippen LogP contribution is -2.48. The second kappa shape index (κ2) is 10.1. The highest BCUT2D eigenvalue weighted by Gasteiger charge is 2.30. The molecule has 6 nitrogen and oxygen atoms in total. The lowest BCUT2D eigenvalue weighted by Gasteiger charge is -2.30. The van der Waals surface area contributed by atoms with Crippen LogP contribution in [0.3, 0.4) is 0 Å². The molecule has 2 amide bonds. The van der Waals surface area contributed by atoms with Gasteiger partial charge >= 0.3 is 6.09 Å². The highest BCUT2D eigenvalue weighted by atomic mass is 16.6. The molecule has 0 aliphatic carbocycles. The van der Waals surface area contributed by atoms with E-state index in [-0.39, 0.29) is 5.91 Å². The summed E-state index contributed by atoms with van der Waals surface area (Å²) in [5.41, 5.74) is 3.03. The number of nitrogens with one attached hydrogen (secondary N) is 1. The van der Waals surface area contributed by atoms with Gasteiger partial charge < -0.3 is 10.1 Å². The van der Waals surface area contributed by atoms with E-state index in [1.165, 1.54) is 4.90 Å². The fraction of sp³-hybridized carbons (Fsp3) is 0.269. The summed E-state index contributed by atoms with van der Waals surface area (Å²) in [6.45, 7) is 5.40. The molecular weight excluding hydrogens is 402 g/mol. The Labute approximate surface area is 189 Å². The molecule has 0 aliphatic rings. The van der Waals surface area contributed by atoms with E-state index in [4.69, 9.17) is 4.74 Å². The Kier molecular flexibility index (Phi) is 7.25. The number of carbonyl (C=O) groups is 2. The van der Waals surface area contributed by atoms with Gasteiger partial charge in [-0.25, -0.2) is 4.79 Å². The van der Waals surface area contributed by atoms with Crippen LogP contribution in [0.25, 0.3) is 11.1 Å². The molecule has 32 heavy (non-hydrogen) atoms. The van der Waals surface area contributed by atoms with E-state index < -0.39 is 17.7 Å². The Bertz CT molecular complexity index is 1030. The first-order chi connectivity index (χ1) is 15.2. The molecule has 166 valence electrons. The third kappa shape index (κ3) is 6.41. The molecule has 1 atom stereocenters. The first kappa shape index (κ1) is 23.0. The Hall–Kier alpha value is -3.67. The smallest absolute Gasteiger partial charge is 0.410 e. The van der Waals surface area contributed by atoms with Gasteiger partial charge in [0.2, 0.25) is 5.91 Å². The maximum atomic E-state index is 13.2. The van der Waals surface area contributed by atoms with E-state index in [0.29, 0.717) is 12.1 Å². The van der Waals surface area contributed by atoms with Gasteiger partial charge in [-0.1, -0.05) is 42.5 Å². The van der Waals surface area contributed by atoms with Crippen LogP contribution in [0.15, 0.2) is 79.1 Å². The number of nitrogens with zero attached hydrogens (tertiary/aromatic N) is 2. The number of aromatic nitrogens is 1. The quantitative estimate of drug-likeness (QED) is 0.585. The van der Waals surface area contributed by atoms with Gasteiger partial charge in [-0.05, 0) is 61.7 Å². The highest BCUT2D eigenvalue weighted by Crippen LogP contribution is 2.21. The molecule has 3 rings (SSSR count). The van der Waals surface area contributed by atoms with Crippen LogP contribution in [-0.4, -0.2) is 40.6 Å². The van der Waals surface area contributed by atoms with Crippen molar-refractivity contribution in [1.82, 2.24) is 9.88 Å². The molecule has 0 unspecified atom stereocenters. The average molecular weight is 432 g/mol. The van der Waals surface area contributed by atoms with Gasteiger partial charge in [0.1, 0.15) is 11.6 Å². The van der Waals surface area contributed by atoms with Crippen LogP contribution < -0.4 is 5.32 Å². The monoisotopic (exact) mass is 431 g/mol. The normalized spacial score (nSPS) is 12.0. The summed E-state index contributed by atoms with van der Waals surface area (Å²) in [4.78, 5) is 31.3. The van der Waals surface area contributed by atoms with Crippen LogP contribution in [0.2, 0.25) is 0 Å². The Balaban J connectivity index is 1.77. The SMILES string of the molecule is CN(C(=O)OC(C)(C)C)[C@@H](Cc1ccccc1)C(=O)Nc1ccc(-c2ccncc2)cc1. The molecule has 3 aromatic rings. The van der Waals surface area contributed by atoms with Crippen LogP contribution in [0.1, 0.15) is 26.3 Å². The van der Waals surface area contributed by atoms with Crippen molar-refractivity contribution >= 4 is 17.7 Å². The first-order valence-electron chi connectivity index (χ1n) is 10.5. The molecule has 1 N–H and O–H groups in total. The minimum Gasteiger partial charge on any atom is -0.444 e. The minimum absolute atomic E-state index is 0.279. The zero-order valence-corrected chi connectivity index (χ0v) is 18.9. The number of ether oxygens (including phenoxy) is 1. The lowest BCUT2D eigenvalue weighted by atomic mass is 10.0. The number of hydrogen-bond acceptors (Lipinski definition) is 4. The summed E-state index contributed by atoms with van der Waals surface area (Å²) in [5.74, 6) is -0.279.